The molecule has 0 aromatic rings. The highest BCUT2D eigenvalue weighted by Crippen LogP contribution is 2.53. The summed E-state index contributed by atoms with van der Waals surface area (Å²) in [6, 6.07) is 0. The number of rotatable bonds is 1. The molecule has 4 saturated carbocycles. The Kier molecular flexibility index (Phi) is 2.95. The van der Waals surface area contributed by atoms with Crippen molar-refractivity contribution in [1.29, 1.82) is 0 Å². The molecule has 0 N–H and O–H groups in total. The van der Waals surface area contributed by atoms with E-state index >= 15 is 0 Å². The number of hydrogen-bond acceptors (Lipinski definition) is 2. The monoisotopic (exact) mass is 250 g/mol. The third-order valence-corrected chi connectivity index (χ3v) is 5.14. The van der Waals surface area contributed by atoms with Gasteiger partial charge in [-0.1, -0.05) is 0 Å². The predicted molar refractivity (Wildman–Crippen MR) is 71.0 cm³/mol. The van der Waals surface area contributed by atoms with E-state index in [1.165, 1.54) is 32.1 Å². The highest BCUT2D eigenvalue weighted by atomic mass is 16.6. The molecule has 102 valence electrons. The van der Waals surface area contributed by atoms with Crippen molar-refractivity contribution in [2.24, 2.45) is 29.6 Å². The normalized spacial score (nSPS) is 42.7. The first kappa shape index (κ1) is 12.5. The Hall–Kier alpha value is -0.530. The second-order valence-electron chi connectivity index (χ2n) is 7.91. The molecule has 4 aliphatic carbocycles. The van der Waals surface area contributed by atoms with E-state index in [-0.39, 0.29) is 17.5 Å². The molecule has 0 spiro atoms. The Morgan fingerprint density at radius 2 is 1.39 bits per heavy atom. The Morgan fingerprint density at radius 3 is 1.89 bits per heavy atom. The summed E-state index contributed by atoms with van der Waals surface area (Å²) in [5.41, 5.74) is -0.333. The van der Waals surface area contributed by atoms with Crippen LogP contribution in [0, 0.1) is 29.6 Å². The summed E-state index contributed by atoms with van der Waals surface area (Å²) < 4.78 is 5.65. The van der Waals surface area contributed by atoms with Gasteiger partial charge in [0.15, 0.2) is 0 Å². The van der Waals surface area contributed by atoms with E-state index in [0.717, 1.165) is 24.2 Å². The van der Waals surface area contributed by atoms with Crippen molar-refractivity contribution in [3.63, 3.8) is 0 Å². The topological polar surface area (TPSA) is 26.3 Å². The fourth-order valence-corrected chi connectivity index (χ4v) is 4.78. The van der Waals surface area contributed by atoms with Crippen LogP contribution < -0.4 is 0 Å². The first-order chi connectivity index (χ1) is 8.40. The number of hydrogen-bond donors (Lipinski definition) is 0. The largest absolute Gasteiger partial charge is 0.460 e. The zero-order valence-electron chi connectivity index (χ0n) is 11.9. The quantitative estimate of drug-likeness (QED) is 0.662. The minimum absolute atomic E-state index is 0.0840. The third-order valence-electron chi connectivity index (χ3n) is 5.14. The number of carbonyl (C=O) groups is 1. The van der Waals surface area contributed by atoms with Crippen molar-refractivity contribution in [2.75, 3.05) is 0 Å². The van der Waals surface area contributed by atoms with E-state index in [0.29, 0.717) is 5.92 Å². The van der Waals surface area contributed by atoms with E-state index in [9.17, 15) is 4.79 Å². The zero-order valence-corrected chi connectivity index (χ0v) is 11.9. The molecule has 0 heterocycles. The van der Waals surface area contributed by atoms with Crippen molar-refractivity contribution in [3.8, 4) is 0 Å². The molecule has 4 aliphatic rings. The summed E-state index contributed by atoms with van der Waals surface area (Å²) in [7, 11) is 0. The summed E-state index contributed by atoms with van der Waals surface area (Å²) >= 11 is 0. The van der Waals surface area contributed by atoms with Gasteiger partial charge in [0.1, 0.15) is 5.60 Å². The number of carbonyl (C=O) groups excluding carboxylic acids is 1. The lowest BCUT2D eigenvalue weighted by Crippen LogP contribution is -2.34. The van der Waals surface area contributed by atoms with E-state index in [4.69, 9.17) is 4.74 Å². The molecular formula is C16H26O2. The van der Waals surface area contributed by atoms with Crippen LogP contribution in [-0.4, -0.2) is 11.6 Å². The fourth-order valence-electron chi connectivity index (χ4n) is 4.78. The number of esters is 1. The second-order valence-corrected chi connectivity index (χ2v) is 7.91. The maximum atomic E-state index is 12.4. The molecule has 2 nitrogen and oxygen atoms in total. The van der Waals surface area contributed by atoms with Gasteiger partial charge in [-0.15, -0.1) is 0 Å². The van der Waals surface area contributed by atoms with Crippen LogP contribution in [0.15, 0.2) is 0 Å². The SMILES string of the molecule is CC(C)(C)OC(=O)C1CC2CC3CC(C2)CC1C3. The summed E-state index contributed by atoms with van der Waals surface area (Å²) in [6.45, 7) is 5.93. The molecule has 2 heteroatoms. The van der Waals surface area contributed by atoms with Gasteiger partial charge < -0.3 is 4.74 Å². The van der Waals surface area contributed by atoms with E-state index in [1.54, 1.807) is 0 Å². The minimum Gasteiger partial charge on any atom is -0.460 e. The van der Waals surface area contributed by atoms with E-state index < -0.39 is 0 Å². The van der Waals surface area contributed by atoms with Crippen molar-refractivity contribution < 1.29 is 9.53 Å². The molecule has 18 heavy (non-hydrogen) atoms. The lowest BCUT2D eigenvalue weighted by atomic mass is 9.67. The highest BCUT2D eigenvalue weighted by Gasteiger charge is 2.46. The molecule has 0 aromatic carbocycles. The van der Waals surface area contributed by atoms with Crippen LogP contribution >= 0.6 is 0 Å². The molecule has 0 radical (unpaired) electrons. The van der Waals surface area contributed by atoms with Crippen LogP contribution in [0.2, 0.25) is 0 Å². The summed E-state index contributed by atoms with van der Waals surface area (Å²) in [5.74, 6) is 3.54. The molecule has 0 amide bonds. The molecule has 0 aliphatic heterocycles. The molecule has 3 atom stereocenters. The molecule has 4 rings (SSSR count). The molecule has 4 fully saturated rings. The molecule has 0 saturated heterocycles. The van der Waals surface area contributed by atoms with Gasteiger partial charge in [-0.3, -0.25) is 4.79 Å². The summed E-state index contributed by atoms with van der Waals surface area (Å²) in [4.78, 5) is 12.4. The summed E-state index contributed by atoms with van der Waals surface area (Å²) in [6.07, 6.45) is 7.88. The summed E-state index contributed by atoms with van der Waals surface area (Å²) in [5, 5.41) is 0. The number of fused-ring (bicyclic) bond motifs is 1. The standard InChI is InChI=1S/C16H26O2/c1-16(2,3)18-15(17)14-9-12-5-10-4-11(6-12)8-13(14)7-10/h10-14H,4-9H2,1-3H3. The Balaban J connectivity index is 1.75. The van der Waals surface area contributed by atoms with Gasteiger partial charge in [-0.05, 0) is 83.0 Å². The van der Waals surface area contributed by atoms with Crippen molar-refractivity contribution in [2.45, 2.75) is 64.9 Å². The number of ether oxygens (including phenoxy) is 1. The van der Waals surface area contributed by atoms with Crippen molar-refractivity contribution in [1.82, 2.24) is 0 Å². The fraction of sp³-hybridized carbons (Fsp3) is 0.938. The van der Waals surface area contributed by atoms with Gasteiger partial charge in [0, 0.05) is 0 Å². The average molecular weight is 250 g/mol. The predicted octanol–water partition coefficient (Wildman–Crippen LogP) is 3.79. The average Bonchev–Trinajstić information content (AvgIpc) is 2.40. The first-order valence-electron chi connectivity index (χ1n) is 7.63. The molecule has 3 unspecified atom stereocenters. The van der Waals surface area contributed by atoms with Crippen molar-refractivity contribution in [3.05, 3.63) is 0 Å². The second kappa shape index (κ2) is 4.25. The van der Waals surface area contributed by atoms with Gasteiger partial charge >= 0.3 is 5.97 Å². The van der Waals surface area contributed by atoms with Gasteiger partial charge in [-0.2, -0.15) is 0 Å². The Bertz CT molecular complexity index is 327. The van der Waals surface area contributed by atoms with Crippen LogP contribution in [0.4, 0.5) is 0 Å². The van der Waals surface area contributed by atoms with Crippen molar-refractivity contribution >= 4 is 5.97 Å². The lowest BCUT2D eigenvalue weighted by molar-refractivity contribution is -0.162. The first-order valence-corrected chi connectivity index (χ1v) is 7.63. The maximum Gasteiger partial charge on any atom is 0.309 e. The Labute approximate surface area is 110 Å². The van der Waals surface area contributed by atoms with E-state index in [1.807, 2.05) is 20.8 Å². The molecule has 4 bridgehead atoms. The van der Waals surface area contributed by atoms with Gasteiger partial charge in [0.2, 0.25) is 0 Å². The van der Waals surface area contributed by atoms with E-state index in [2.05, 4.69) is 0 Å². The maximum absolute atomic E-state index is 12.4. The van der Waals surface area contributed by atoms with Crippen LogP contribution in [0.3, 0.4) is 0 Å². The van der Waals surface area contributed by atoms with Gasteiger partial charge in [0.05, 0.1) is 5.92 Å². The Morgan fingerprint density at radius 1 is 0.889 bits per heavy atom. The molecule has 0 aromatic heterocycles. The van der Waals surface area contributed by atoms with Crippen LogP contribution in [0.5, 0.6) is 0 Å². The van der Waals surface area contributed by atoms with Crippen LogP contribution in [0.1, 0.15) is 59.3 Å². The molecular weight excluding hydrogens is 224 g/mol. The highest BCUT2D eigenvalue weighted by molar-refractivity contribution is 5.73. The lowest BCUT2D eigenvalue weighted by Gasteiger charge is -2.38. The minimum atomic E-state index is -0.333. The smallest absolute Gasteiger partial charge is 0.309 e. The van der Waals surface area contributed by atoms with Gasteiger partial charge in [0.25, 0.3) is 0 Å². The van der Waals surface area contributed by atoms with Crippen LogP contribution in [0.25, 0.3) is 0 Å². The third kappa shape index (κ3) is 2.44. The van der Waals surface area contributed by atoms with Gasteiger partial charge in [-0.25, -0.2) is 0 Å². The van der Waals surface area contributed by atoms with Crippen LogP contribution in [-0.2, 0) is 9.53 Å². The zero-order chi connectivity index (χ0) is 12.9.